The first-order chi connectivity index (χ1) is 8.40. The smallest absolute Gasteiger partial charge is 0.391 e. The van der Waals surface area contributed by atoms with Gasteiger partial charge in [-0.3, -0.25) is 0 Å². The average Bonchev–Trinajstić information content (AvgIpc) is 2.34. The third kappa shape index (κ3) is 4.12. The molecule has 1 aliphatic rings. The summed E-state index contributed by atoms with van der Waals surface area (Å²) in [4.78, 5) is 0. The van der Waals surface area contributed by atoms with E-state index in [4.69, 9.17) is 5.73 Å². The monoisotopic (exact) mass is 267 g/mol. The van der Waals surface area contributed by atoms with E-state index in [1.807, 2.05) is 6.92 Å². The molecule has 0 aliphatic heterocycles. The second-order valence-corrected chi connectivity index (χ2v) is 5.44. The van der Waals surface area contributed by atoms with Gasteiger partial charge in [0.1, 0.15) is 0 Å². The van der Waals surface area contributed by atoms with Gasteiger partial charge < -0.3 is 10.8 Å². The first-order valence-corrected chi connectivity index (χ1v) is 6.85. The van der Waals surface area contributed by atoms with Gasteiger partial charge in [-0.05, 0) is 44.1 Å². The van der Waals surface area contributed by atoms with E-state index in [9.17, 15) is 18.3 Å². The molecule has 0 radical (unpaired) electrons. The number of hydrogen-bond acceptors (Lipinski definition) is 2. The van der Waals surface area contributed by atoms with Gasteiger partial charge in [0, 0.05) is 0 Å². The lowest BCUT2D eigenvalue weighted by atomic mass is 9.74. The predicted molar refractivity (Wildman–Crippen MR) is 65.0 cm³/mol. The van der Waals surface area contributed by atoms with E-state index in [0.717, 1.165) is 12.8 Å². The van der Waals surface area contributed by atoms with Crippen LogP contribution in [0, 0.1) is 17.8 Å². The van der Waals surface area contributed by atoms with Crippen molar-refractivity contribution in [2.75, 3.05) is 6.54 Å². The fraction of sp³-hybridized carbons (Fsp3) is 1.00. The first kappa shape index (κ1) is 15.8. The molecule has 5 heteroatoms. The molecule has 4 atom stereocenters. The molecule has 1 aliphatic carbocycles. The summed E-state index contributed by atoms with van der Waals surface area (Å²) < 4.78 is 38.1. The summed E-state index contributed by atoms with van der Waals surface area (Å²) in [6.07, 6.45) is -1.62. The molecule has 0 aromatic rings. The summed E-state index contributed by atoms with van der Waals surface area (Å²) in [7, 11) is 0. The molecular formula is C13H24F3NO. The van der Waals surface area contributed by atoms with Gasteiger partial charge in [-0.2, -0.15) is 13.2 Å². The average molecular weight is 267 g/mol. The lowest BCUT2D eigenvalue weighted by molar-refractivity contribution is -0.189. The third-order valence-corrected chi connectivity index (χ3v) is 4.11. The Kier molecular flexibility index (Phi) is 5.92. The maximum Gasteiger partial charge on any atom is 0.391 e. The van der Waals surface area contributed by atoms with E-state index >= 15 is 0 Å². The molecule has 0 bridgehead atoms. The van der Waals surface area contributed by atoms with Crippen molar-refractivity contribution in [1.82, 2.24) is 0 Å². The maximum atomic E-state index is 12.7. The standard InChI is InChI=1S/C13H24F3NO/c1-2-4-10(8-17)12(18)9-5-3-6-11(7-9)13(14,15)16/h9-12,18H,2-8,17H2,1H3. The van der Waals surface area contributed by atoms with Crippen LogP contribution in [-0.2, 0) is 0 Å². The maximum absolute atomic E-state index is 12.7. The molecule has 18 heavy (non-hydrogen) atoms. The highest BCUT2D eigenvalue weighted by atomic mass is 19.4. The Morgan fingerprint density at radius 2 is 2.00 bits per heavy atom. The number of halogens is 3. The number of rotatable bonds is 5. The number of alkyl halides is 3. The Hall–Kier alpha value is -0.290. The number of nitrogens with two attached hydrogens (primary N) is 1. The molecule has 0 aromatic heterocycles. The lowest BCUT2D eigenvalue weighted by Gasteiger charge is -2.36. The van der Waals surface area contributed by atoms with E-state index in [0.29, 0.717) is 19.4 Å². The minimum Gasteiger partial charge on any atom is -0.393 e. The van der Waals surface area contributed by atoms with Crippen molar-refractivity contribution >= 4 is 0 Å². The minimum absolute atomic E-state index is 0.0604. The highest BCUT2D eigenvalue weighted by molar-refractivity contribution is 4.84. The predicted octanol–water partition coefficient (Wildman–Crippen LogP) is 3.09. The molecule has 0 aromatic carbocycles. The lowest BCUT2D eigenvalue weighted by Crippen LogP contribution is -2.39. The quantitative estimate of drug-likeness (QED) is 0.804. The fourth-order valence-corrected chi connectivity index (χ4v) is 3.02. The molecule has 0 spiro atoms. The molecule has 0 heterocycles. The first-order valence-electron chi connectivity index (χ1n) is 6.85. The van der Waals surface area contributed by atoms with Crippen LogP contribution in [0.4, 0.5) is 13.2 Å². The molecule has 1 fully saturated rings. The van der Waals surface area contributed by atoms with Gasteiger partial charge in [-0.25, -0.2) is 0 Å². The van der Waals surface area contributed by atoms with Gasteiger partial charge in [0.15, 0.2) is 0 Å². The molecule has 108 valence electrons. The van der Waals surface area contributed by atoms with Crippen LogP contribution in [0.2, 0.25) is 0 Å². The van der Waals surface area contributed by atoms with Crippen molar-refractivity contribution in [2.24, 2.45) is 23.5 Å². The summed E-state index contributed by atoms with van der Waals surface area (Å²) in [6.45, 7) is 2.34. The normalized spacial score (nSPS) is 29.0. The minimum atomic E-state index is -4.12. The van der Waals surface area contributed by atoms with Gasteiger partial charge in [-0.1, -0.05) is 19.8 Å². The zero-order chi connectivity index (χ0) is 13.8. The molecular weight excluding hydrogens is 243 g/mol. The van der Waals surface area contributed by atoms with Gasteiger partial charge in [0.2, 0.25) is 0 Å². The summed E-state index contributed by atoms with van der Waals surface area (Å²) >= 11 is 0. The Labute approximate surface area is 107 Å². The Morgan fingerprint density at radius 3 is 2.50 bits per heavy atom. The SMILES string of the molecule is CCCC(CN)C(O)C1CCCC(C(F)(F)F)C1. The molecule has 4 unspecified atom stereocenters. The molecule has 3 N–H and O–H groups in total. The van der Waals surface area contributed by atoms with Gasteiger partial charge in [0.05, 0.1) is 12.0 Å². The summed E-state index contributed by atoms with van der Waals surface area (Å²) in [5.41, 5.74) is 5.60. The van der Waals surface area contributed by atoms with Crippen LogP contribution in [0.1, 0.15) is 45.4 Å². The van der Waals surface area contributed by atoms with Crippen LogP contribution in [0.3, 0.4) is 0 Å². The van der Waals surface area contributed by atoms with E-state index in [-0.39, 0.29) is 24.7 Å². The van der Waals surface area contributed by atoms with Crippen molar-refractivity contribution < 1.29 is 18.3 Å². The highest BCUT2D eigenvalue weighted by Crippen LogP contribution is 2.42. The number of aliphatic hydroxyl groups excluding tert-OH is 1. The van der Waals surface area contributed by atoms with Crippen molar-refractivity contribution in [1.29, 1.82) is 0 Å². The van der Waals surface area contributed by atoms with E-state index in [1.54, 1.807) is 0 Å². The van der Waals surface area contributed by atoms with Crippen LogP contribution >= 0.6 is 0 Å². The fourth-order valence-electron chi connectivity index (χ4n) is 3.02. The van der Waals surface area contributed by atoms with Crippen molar-refractivity contribution in [3.63, 3.8) is 0 Å². The Morgan fingerprint density at radius 1 is 1.33 bits per heavy atom. The second kappa shape index (κ2) is 6.75. The number of aliphatic hydroxyl groups is 1. The number of hydrogen-bond donors (Lipinski definition) is 2. The zero-order valence-corrected chi connectivity index (χ0v) is 10.9. The Balaban J connectivity index is 2.59. The highest BCUT2D eigenvalue weighted by Gasteiger charge is 2.44. The molecule has 0 saturated heterocycles. The third-order valence-electron chi connectivity index (χ3n) is 4.11. The van der Waals surface area contributed by atoms with Gasteiger partial charge >= 0.3 is 6.18 Å². The molecule has 0 amide bonds. The van der Waals surface area contributed by atoms with Gasteiger partial charge in [-0.15, -0.1) is 0 Å². The van der Waals surface area contributed by atoms with E-state index in [1.165, 1.54) is 0 Å². The molecule has 1 saturated carbocycles. The van der Waals surface area contributed by atoms with E-state index < -0.39 is 18.2 Å². The summed E-state index contributed by atoms with van der Waals surface area (Å²) in [5.74, 6) is -1.55. The molecule has 1 rings (SSSR count). The van der Waals surface area contributed by atoms with Crippen LogP contribution in [0.5, 0.6) is 0 Å². The largest absolute Gasteiger partial charge is 0.393 e. The van der Waals surface area contributed by atoms with Crippen molar-refractivity contribution in [3.05, 3.63) is 0 Å². The topological polar surface area (TPSA) is 46.2 Å². The molecule has 2 nitrogen and oxygen atoms in total. The summed E-state index contributed by atoms with van der Waals surface area (Å²) in [5, 5.41) is 10.2. The van der Waals surface area contributed by atoms with Crippen LogP contribution in [0.25, 0.3) is 0 Å². The summed E-state index contributed by atoms with van der Waals surface area (Å²) in [6, 6.07) is 0. The van der Waals surface area contributed by atoms with Crippen molar-refractivity contribution in [3.8, 4) is 0 Å². The van der Waals surface area contributed by atoms with Crippen LogP contribution in [0.15, 0.2) is 0 Å². The van der Waals surface area contributed by atoms with Gasteiger partial charge in [0.25, 0.3) is 0 Å². The van der Waals surface area contributed by atoms with Crippen molar-refractivity contribution in [2.45, 2.75) is 57.7 Å². The Bertz CT molecular complexity index is 245. The zero-order valence-electron chi connectivity index (χ0n) is 10.9. The van der Waals surface area contributed by atoms with Crippen LogP contribution < -0.4 is 5.73 Å². The van der Waals surface area contributed by atoms with Crippen LogP contribution in [-0.4, -0.2) is 23.9 Å². The second-order valence-electron chi connectivity index (χ2n) is 5.44. The van der Waals surface area contributed by atoms with E-state index in [2.05, 4.69) is 0 Å².